The second-order valence-electron chi connectivity index (χ2n) is 5.19. The predicted molar refractivity (Wildman–Crippen MR) is 83.9 cm³/mol. The highest BCUT2D eigenvalue weighted by atomic mass is 35.5. The standard InChI is InChI=1S/C13H17ClN2OS2/c1-8-4-6-13(7-5-8,12(15)18)16-11(17)9-2-3-10(14)19-9/h2-3,8H,4-7H2,1H3,(H2,15,18)(H,16,17). The molecular weight excluding hydrogens is 300 g/mol. The maximum absolute atomic E-state index is 12.2. The number of carbonyl (C=O) groups excluding carboxylic acids is 1. The summed E-state index contributed by atoms with van der Waals surface area (Å²) in [6.07, 6.45) is 3.69. The lowest BCUT2D eigenvalue weighted by atomic mass is 9.77. The SMILES string of the molecule is CC1CCC(NC(=O)c2ccc(Cl)s2)(C(N)=S)CC1. The Morgan fingerprint density at radius 3 is 2.63 bits per heavy atom. The van der Waals surface area contributed by atoms with E-state index in [9.17, 15) is 4.79 Å². The van der Waals surface area contributed by atoms with E-state index in [2.05, 4.69) is 12.2 Å². The van der Waals surface area contributed by atoms with Gasteiger partial charge in [-0.3, -0.25) is 4.79 Å². The molecule has 104 valence electrons. The second kappa shape index (κ2) is 5.77. The molecule has 3 N–H and O–H groups in total. The molecule has 1 heterocycles. The first-order chi connectivity index (χ1) is 8.93. The summed E-state index contributed by atoms with van der Waals surface area (Å²) in [5.41, 5.74) is 5.34. The van der Waals surface area contributed by atoms with Crippen molar-refractivity contribution in [3.8, 4) is 0 Å². The molecule has 1 aliphatic carbocycles. The molecule has 1 saturated carbocycles. The number of rotatable bonds is 3. The molecule has 1 aromatic rings. The van der Waals surface area contributed by atoms with Crippen molar-refractivity contribution in [1.82, 2.24) is 5.32 Å². The van der Waals surface area contributed by atoms with Crippen LogP contribution in [-0.4, -0.2) is 16.4 Å². The van der Waals surface area contributed by atoms with Crippen LogP contribution >= 0.6 is 35.2 Å². The molecule has 0 saturated heterocycles. The van der Waals surface area contributed by atoms with E-state index in [4.69, 9.17) is 29.6 Å². The van der Waals surface area contributed by atoms with Crippen LogP contribution in [0, 0.1) is 5.92 Å². The molecule has 1 aliphatic rings. The first kappa shape index (κ1) is 14.8. The highest BCUT2D eigenvalue weighted by Crippen LogP contribution is 2.33. The molecule has 0 unspecified atom stereocenters. The maximum Gasteiger partial charge on any atom is 0.262 e. The van der Waals surface area contributed by atoms with Crippen LogP contribution in [0.3, 0.4) is 0 Å². The van der Waals surface area contributed by atoms with Gasteiger partial charge in [0, 0.05) is 0 Å². The van der Waals surface area contributed by atoms with Crippen LogP contribution in [0.4, 0.5) is 0 Å². The first-order valence-corrected chi connectivity index (χ1v) is 7.91. The summed E-state index contributed by atoms with van der Waals surface area (Å²) in [5.74, 6) is 0.523. The van der Waals surface area contributed by atoms with Crippen molar-refractivity contribution in [2.75, 3.05) is 0 Å². The van der Waals surface area contributed by atoms with E-state index in [1.807, 2.05) is 0 Å². The zero-order valence-electron chi connectivity index (χ0n) is 10.7. The van der Waals surface area contributed by atoms with Gasteiger partial charge in [-0.1, -0.05) is 30.7 Å². The lowest BCUT2D eigenvalue weighted by Gasteiger charge is -2.39. The van der Waals surface area contributed by atoms with Crippen molar-refractivity contribution in [2.45, 2.75) is 38.1 Å². The van der Waals surface area contributed by atoms with Crippen LogP contribution in [-0.2, 0) is 0 Å². The number of carbonyl (C=O) groups is 1. The quantitative estimate of drug-likeness (QED) is 0.841. The van der Waals surface area contributed by atoms with Gasteiger partial charge in [0.05, 0.1) is 19.7 Å². The molecular formula is C13H17ClN2OS2. The molecule has 1 fully saturated rings. The van der Waals surface area contributed by atoms with Crippen molar-refractivity contribution in [3.63, 3.8) is 0 Å². The molecule has 1 aromatic heterocycles. The predicted octanol–water partition coefficient (Wildman–Crippen LogP) is 3.37. The Balaban J connectivity index is 2.13. The minimum absolute atomic E-state index is 0.140. The van der Waals surface area contributed by atoms with Gasteiger partial charge >= 0.3 is 0 Å². The Bertz CT molecular complexity index is 493. The van der Waals surface area contributed by atoms with Crippen LogP contribution < -0.4 is 11.1 Å². The highest BCUT2D eigenvalue weighted by Gasteiger charge is 2.38. The van der Waals surface area contributed by atoms with E-state index in [0.717, 1.165) is 25.7 Å². The summed E-state index contributed by atoms with van der Waals surface area (Å²) in [6, 6.07) is 3.44. The summed E-state index contributed by atoms with van der Waals surface area (Å²) < 4.78 is 0.604. The largest absolute Gasteiger partial charge is 0.391 e. The second-order valence-corrected chi connectivity index (χ2v) is 7.34. The number of halogens is 1. The molecule has 0 radical (unpaired) electrons. The van der Waals surface area contributed by atoms with Crippen LogP contribution in [0.1, 0.15) is 42.3 Å². The lowest BCUT2D eigenvalue weighted by molar-refractivity contribution is 0.0905. The number of nitrogens with one attached hydrogen (secondary N) is 1. The van der Waals surface area contributed by atoms with E-state index >= 15 is 0 Å². The summed E-state index contributed by atoms with van der Waals surface area (Å²) in [5, 5.41) is 3.03. The summed E-state index contributed by atoms with van der Waals surface area (Å²) in [6.45, 7) is 2.21. The van der Waals surface area contributed by atoms with E-state index in [1.165, 1.54) is 11.3 Å². The molecule has 0 atom stereocenters. The van der Waals surface area contributed by atoms with E-state index < -0.39 is 5.54 Å². The van der Waals surface area contributed by atoms with Crippen molar-refractivity contribution >= 4 is 46.1 Å². The molecule has 0 bridgehead atoms. The molecule has 0 aromatic carbocycles. The zero-order valence-corrected chi connectivity index (χ0v) is 13.1. The Hall–Kier alpha value is -0.650. The monoisotopic (exact) mass is 316 g/mol. The van der Waals surface area contributed by atoms with Gasteiger partial charge in [0.1, 0.15) is 0 Å². The smallest absolute Gasteiger partial charge is 0.262 e. The number of amides is 1. The van der Waals surface area contributed by atoms with Crippen molar-refractivity contribution in [3.05, 3.63) is 21.3 Å². The number of hydrogen-bond acceptors (Lipinski definition) is 3. The average Bonchev–Trinajstić information content (AvgIpc) is 2.79. The number of thiocarbonyl (C=S) groups is 1. The van der Waals surface area contributed by atoms with Crippen LogP contribution in [0.15, 0.2) is 12.1 Å². The molecule has 0 spiro atoms. The number of nitrogens with two attached hydrogens (primary N) is 1. The van der Waals surface area contributed by atoms with Gasteiger partial charge in [-0.15, -0.1) is 11.3 Å². The Labute approximate surface area is 127 Å². The van der Waals surface area contributed by atoms with Gasteiger partial charge in [-0.25, -0.2) is 0 Å². The highest BCUT2D eigenvalue weighted by molar-refractivity contribution is 7.80. The zero-order chi connectivity index (χ0) is 14.0. The van der Waals surface area contributed by atoms with Gasteiger partial charge in [0.25, 0.3) is 5.91 Å². The van der Waals surface area contributed by atoms with Crippen molar-refractivity contribution < 1.29 is 4.79 Å². The third-order valence-electron chi connectivity index (χ3n) is 3.75. The van der Waals surface area contributed by atoms with Crippen molar-refractivity contribution in [2.24, 2.45) is 11.7 Å². The van der Waals surface area contributed by atoms with Crippen LogP contribution in [0.2, 0.25) is 4.34 Å². The van der Waals surface area contributed by atoms with E-state index in [1.54, 1.807) is 12.1 Å². The first-order valence-electron chi connectivity index (χ1n) is 6.31. The average molecular weight is 317 g/mol. The third-order valence-corrected chi connectivity index (χ3v) is 5.37. The molecule has 0 aliphatic heterocycles. The Kier molecular flexibility index (Phi) is 4.48. The summed E-state index contributed by atoms with van der Waals surface area (Å²) in [4.78, 5) is 13.2. The fourth-order valence-electron chi connectivity index (χ4n) is 2.40. The van der Waals surface area contributed by atoms with Gasteiger partial charge < -0.3 is 11.1 Å². The Morgan fingerprint density at radius 2 is 2.16 bits per heavy atom. The fraction of sp³-hybridized carbons (Fsp3) is 0.538. The van der Waals surface area contributed by atoms with Crippen molar-refractivity contribution in [1.29, 1.82) is 0 Å². The van der Waals surface area contributed by atoms with Crippen LogP contribution in [0.25, 0.3) is 0 Å². The third kappa shape index (κ3) is 3.27. The summed E-state index contributed by atoms with van der Waals surface area (Å²) in [7, 11) is 0. The van der Waals surface area contributed by atoms with Gasteiger partial charge in [-0.05, 0) is 43.7 Å². The van der Waals surface area contributed by atoms with Crippen LogP contribution in [0.5, 0.6) is 0 Å². The maximum atomic E-state index is 12.2. The normalized spacial score (nSPS) is 26.9. The van der Waals surface area contributed by atoms with Gasteiger partial charge in [0.15, 0.2) is 0 Å². The minimum atomic E-state index is -0.532. The topological polar surface area (TPSA) is 55.1 Å². The molecule has 1 amide bonds. The van der Waals surface area contributed by atoms with Gasteiger partial charge in [-0.2, -0.15) is 0 Å². The summed E-state index contributed by atoms with van der Waals surface area (Å²) >= 11 is 12.3. The van der Waals surface area contributed by atoms with E-state index in [-0.39, 0.29) is 5.91 Å². The molecule has 2 rings (SSSR count). The molecule has 19 heavy (non-hydrogen) atoms. The van der Waals surface area contributed by atoms with Gasteiger partial charge in [0.2, 0.25) is 0 Å². The molecule has 6 heteroatoms. The lowest BCUT2D eigenvalue weighted by Crippen LogP contribution is -2.58. The number of thiophene rings is 1. The fourth-order valence-corrected chi connectivity index (χ4v) is 3.60. The number of hydrogen-bond donors (Lipinski definition) is 2. The van der Waals surface area contributed by atoms with E-state index in [0.29, 0.717) is 20.1 Å². The Morgan fingerprint density at radius 1 is 1.53 bits per heavy atom. The molecule has 3 nitrogen and oxygen atoms in total. The minimum Gasteiger partial charge on any atom is -0.391 e.